The molecule has 1 rings (SSSR count). The molecule has 0 fully saturated rings. The molecule has 0 aliphatic rings. The van der Waals surface area contributed by atoms with Gasteiger partial charge in [0.25, 0.3) is 0 Å². The van der Waals surface area contributed by atoms with Crippen LogP contribution >= 0.6 is 22.9 Å². The fourth-order valence-corrected chi connectivity index (χ4v) is 1.06. The highest BCUT2D eigenvalue weighted by Crippen LogP contribution is 2.16. The van der Waals surface area contributed by atoms with Gasteiger partial charge >= 0.3 is 0 Å². The molecule has 0 saturated heterocycles. The predicted molar refractivity (Wildman–Crippen MR) is 53.6 cm³/mol. The number of hydrogen-bond donors (Lipinski definition) is 0. The molecule has 0 aromatic heterocycles. The Morgan fingerprint density at radius 2 is 1.91 bits per heavy atom. The minimum Gasteiger partial charge on any atom is -0.274 e. The third-order valence-electron chi connectivity index (χ3n) is 1.26. The zero-order chi connectivity index (χ0) is 8.27. The first-order valence-corrected chi connectivity index (χ1v) is 4.20. The van der Waals surface area contributed by atoms with Crippen LogP contribution in [0.1, 0.15) is 6.92 Å². The van der Waals surface area contributed by atoms with Crippen molar-refractivity contribution in [2.75, 3.05) is 3.11 Å². The molecular weight excluding hydrogens is 253 g/mol. The van der Waals surface area contributed by atoms with Gasteiger partial charge in [-0.1, -0.05) is 18.2 Å². The highest BCUT2D eigenvalue weighted by Gasteiger charge is 2.04. The zero-order valence-electron chi connectivity index (χ0n) is 6.12. The highest BCUT2D eigenvalue weighted by atomic mass is 127. The van der Waals surface area contributed by atoms with Gasteiger partial charge in [-0.3, -0.25) is 7.91 Å². The fraction of sp³-hybridized carbons (Fsp3) is 0.125. The van der Waals surface area contributed by atoms with Crippen LogP contribution < -0.4 is 3.11 Å². The van der Waals surface area contributed by atoms with Crippen LogP contribution in [0.4, 0.5) is 5.69 Å². The van der Waals surface area contributed by atoms with E-state index in [2.05, 4.69) is 0 Å². The van der Waals surface area contributed by atoms with Crippen LogP contribution in [-0.4, -0.2) is 5.91 Å². The van der Waals surface area contributed by atoms with E-state index in [4.69, 9.17) is 0 Å². The van der Waals surface area contributed by atoms with Crippen molar-refractivity contribution in [2.24, 2.45) is 0 Å². The van der Waals surface area contributed by atoms with Crippen LogP contribution in [0.2, 0.25) is 0 Å². The molecule has 3 heteroatoms. The molecule has 0 unspecified atom stereocenters. The molecule has 1 amide bonds. The third-order valence-corrected chi connectivity index (χ3v) is 2.50. The van der Waals surface area contributed by atoms with Crippen LogP contribution in [-0.2, 0) is 4.79 Å². The molecule has 0 bridgehead atoms. The Morgan fingerprint density at radius 3 is 2.36 bits per heavy atom. The van der Waals surface area contributed by atoms with Crippen molar-refractivity contribution in [2.45, 2.75) is 6.92 Å². The van der Waals surface area contributed by atoms with Crippen LogP contribution in [0.15, 0.2) is 30.3 Å². The lowest BCUT2D eigenvalue weighted by Gasteiger charge is -2.10. The van der Waals surface area contributed by atoms with Crippen LogP contribution in [0.3, 0.4) is 0 Å². The Morgan fingerprint density at radius 1 is 1.36 bits per heavy atom. The fourth-order valence-electron chi connectivity index (χ4n) is 0.741. The second kappa shape index (κ2) is 3.71. The van der Waals surface area contributed by atoms with Crippen molar-refractivity contribution in [1.82, 2.24) is 0 Å². The molecule has 0 heterocycles. The number of hydrogen-bond acceptors (Lipinski definition) is 1. The van der Waals surface area contributed by atoms with E-state index in [0.717, 1.165) is 5.69 Å². The van der Waals surface area contributed by atoms with Gasteiger partial charge in [-0.2, -0.15) is 0 Å². The number of halogens is 1. The number of anilines is 1. The molecular formula is C8H8INO. The monoisotopic (exact) mass is 261 g/mol. The standard InChI is InChI=1S/C8H8INO/c1-7(11)10(9)8-5-3-2-4-6-8/h2-6H,1H3. The Kier molecular flexibility index (Phi) is 2.87. The molecule has 0 aliphatic heterocycles. The van der Waals surface area contributed by atoms with Crippen LogP contribution in [0, 0.1) is 0 Å². The molecule has 0 spiro atoms. The number of amides is 1. The molecule has 0 aliphatic carbocycles. The molecule has 2 nitrogen and oxygen atoms in total. The number of carbonyl (C=O) groups is 1. The second-order valence-corrected chi connectivity index (χ2v) is 3.10. The average molecular weight is 261 g/mol. The molecule has 1 aromatic carbocycles. The van der Waals surface area contributed by atoms with E-state index in [1.54, 1.807) is 10.0 Å². The number of nitrogens with zero attached hydrogens (tertiary/aromatic N) is 1. The van der Waals surface area contributed by atoms with Crippen molar-refractivity contribution >= 4 is 34.5 Å². The Balaban J connectivity index is 2.85. The zero-order valence-corrected chi connectivity index (χ0v) is 8.28. The summed E-state index contributed by atoms with van der Waals surface area (Å²) in [4.78, 5) is 10.9. The summed E-state index contributed by atoms with van der Waals surface area (Å²) in [6.45, 7) is 1.54. The van der Waals surface area contributed by atoms with Gasteiger partial charge in [0.2, 0.25) is 5.91 Å². The lowest BCUT2D eigenvalue weighted by Crippen LogP contribution is -2.14. The van der Waals surface area contributed by atoms with E-state index in [9.17, 15) is 4.79 Å². The average Bonchev–Trinajstić information content (AvgIpc) is 2.05. The molecule has 0 atom stereocenters. The summed E-state index contributed by atoms with van der Waals surface area (Å²) in [6, 6.07) is 9.53. The van der Waals surface area contributed by atoms with Gasteiger partial charge in [0.05, 0.1) is 28.6 Å². The van der Waals surface area contributed by atoms with Crippen molar-refractivity contribution in [3.8, 4) is 0 Å². The van der Waals surface area contributed by atoms with Gasteiger partial charge in [-0.15, -0.1) is 0 Å². The quantitative estimate of drug-likeness (QED) is 0.561. The number of para-hydroxylation sites is 1. The summed E-state index contributed by atoms with van der Waals surface area (Å²) in [5.41, 5.74) is 0.917. The maximum absolute atomic E-state index is 10.9. The van der Waals surface area contributed by atoms with E-state index < -0.39 is 0 Å². The topological polar surface area (TPSA) is 20.3 Å². The molecule has 0 radical (unpaired) electrons. The van der Waals surface area contributed by atoms with Crippen molar-refractivity contribution in [3.63, 3.8) is 0 Å². The first-order valence-electron chi connectivity index (χ1n) is 3.23. The smallest absolute Gasteiger partial charge is 0.232 e. The number of carbonyl (C=O) groups excluding carboxylic acids is 1. The van der Waals surface area contributed by atoms with E-state index in [1.165, 1.54) is 0 Å². The van der Waals surface area contributed by atoms with Crippen LogP contribution in [0.25, 0.3) is 0 Å². The van der Waals surface area contributed by atoms with Crippen LogP contribution in [0.5, 0.6) is 0 Å². The van der Waals surface area contributed by atoms with Crippen molar-refractivity contribution in [3.05, 3.63) is 30.3 Å². The third kappa shape index (κ3) is 2.18. The lowest BCUT2D eigenvalue weighted by molar-refractivity contribution is -0.115. The maximum atomic E-state index is 10.9. The summed E-state index contributed by atoms with van der Waals surface area (Å²) < 4.78 is 1.58. The lowest BCUT2D eigenvalue weighted by atomic mass is 10.3. The second-order valence-electron chi connectivity index (χ2n) is 2.14. The SMILES string of the molecule is CC(=O)N(I)c1ccccc1. The van der Waals surface area contributed by atoms with E-state index in [0.29, 0.717) is 0 Å². The van der Waals surface area contributed by atoms with Gasteiger partial charge in [-0.05, 0) is 12.1 Å². The van der Waals surface area contributed by atoms with Gasteiger partial charge in [0, 0.05) is 6.92 Å². The highest BCUT2D eigenvalue weighted by molar-refractivity contribution is 14.1. The Hall–Kier alpha value is -0.580. The van der Waals surface area contributed by atoms with Gasteiger partial charge in [-0.25, -0.2) is 0 Å². The summed E-state index contributed by atoms with van der Waals surface area (Å²) in [5.74, 6) is 0.0387. The number of benzene rings is 1. The van der Waals surface area contributed by atoms with E-state index in [1.807, 2.05) is 53.2 Å². The molecule has 58 valence electrons. The molecule has 1 aromatic rings. The molecule has 0 N–H and O–H groups in total. The summed E-state index contributed by atoms with van der Waals surface area (Å²) in [6.07, 6.45) is 0. The van der Waals surface area contributed by atoms with Gasteiger partial charge in [0.15, 0.2) is 0 Å². The normalized spacial score (nSPS) is 9.27. The predicted octanol–water partition coefficient (Wildman–Crippen LogP) is 2.39. The van der Waals surface area contributed by atoms with E-state index >= 15 is 0 Å². The maximum Gasteiger partial charge on any atom is 0.232 e. The first kappa shape index (κ1) is 8.52. The van der Waals surface area contributed by atoms with Crippen molar-refractivity contribution in [1.29, 1.82) is 0 Å². The molecule has 0 saturated carbocycles. The summed E-state index contributed by atoms with van der Waals surface area (Å²) >= 11 is 1.98. The summed E-state index contributed by atoms with van der Waals surface area (Å²) in [5, 5.41) is 0. The van der Waals surface area contributed by atoms with Gasteiger partial charge < -0.3 is 0 Å². The Labute approximate surface area is 79.7 Å². The molecule has 11 heavy (non-hydrogen) atoms. The minimum absolute atomic E-state index is 0.0387. The van der Waals surface area contributed by atoms with Gasteiger partial charge in [0.1, 0.15) is 0 Å². The first-order chi connectivity index (χ1) is 5.22. The summed E-state index contributed by atoms with van der Waals surface area (Å²) in [7, 11) is 0. The van der Waals surface area contributed by atoms with Crippen molar-refractivity contribution < 1.29 is 4.79 Å². The Bertz CT molecular complexity index is 248. The van der Waals surface area contributed by atoms with E-state index in [-0.39, 0.29) is 5.91 Å². The largest absolute Gasteiger partial charge is 0.274 e. The minimum atomic E-state index is 0.0387. The number of rotatable bonds is 1.